The van der Waals surface area contributed by atoms with Gasteiger partial charge in [-0.05, 0) is 30.5 Å². The molecule has 0 saturated carbocycles. The third kappa shape index (κ3) is 4.43. The summed E-state index contributed by atoms with van der Waals surface area (Å²) < 4.78 is 24.1. The third-order valence-electron chi connectivity index (χ3n) is 5.61. The van der Waals surface area contributed by atoms with Gasteiger partial charge in [-0.15, -0.1) is 0 Å². The molecule has 166 valence electrons. The number of nitrogens with one attached hydrogen (secondary N) is 2. The van der Waals surface area contributed by atoms with Crippen molar-refractivity contribution in [2.24, 2.45) is 5.92 Å². The van der Waals surface area contributed by atoms with E-state index < -0.39 is 9.84 Å². The number of piperidine rings is 1. The van der Waals surface area contributed by atoms with Gasteiger partial charge in [0.15, 0.2) is 9.84 Å². The van der Waals surface area contributed by atoms with E-state index in [1.807, 2.05) is 12.1 Å². The maximum absolute atomic E-state index is 12.3. The normalized spacial score (nSPS) is 19.0. The first-order valence-corrected chi connectivity index (χ1v) is 12.2. The molecule has 4 rings (SSSR count). The minimum atomic E-state index is -3.39. The van der Waals surface area contributed by atoms with Crippen LogP contribution in [0.5, 0.6) is 0 Å². The number of anilines is 1. The summed E-state index contributed by atoms with van der Waals surface area (Å²) in [6.45, 7) is 3.19. The number of fused-ring (bicyclic) bond motifs is 1. The molecule has 0 unspecified atom stereocenters. The van der Waals surface area contributed by atoms with Crippen LogP contribution in [0.1, 0.15) is 19.8 Å². The molecular formula is C22H24N6O3S. The Labute approximate surface area is 186 Å². The van der Waals surface area contributed by atoms with Crippen LogP contribution >= 0.6 is 0 Å². The van der Waals surface area contributed by atoms with Crippen LogP contribution in [0.2, 0.25) is 0 Å². The molecule has 4 heterocycles. The quantitative estimate of drug-likeness (QED) is 0.608. The molecule has 2 N–H and O–H groups in total. The third-order valence-corrected chi connectivity index (χ3v) is 6.72. The van der Waals surface area contributed by atoms with E-state index in [0.29, 0.717) is 30.0 Å². The van der Waals surface area contributed by atoms with Crippen LogP contribution in [-0.4, -0.2) is 59.6 Å². The Hall–Kier alpha value is -3.45. The zero-order chi connectivity index (χ0) is 22.9. The molecule has 2 atom stereocenters. The fraction of sp³-hybridized carbons (Fsp3) is 0.364. The van der Waals surface area contributed by atoms with E-state index in [4.69, 9.17) is 5.26 Å². The minimum absolute atomic E-state index is 0.0428. The van der Waals surface area contributed by atoms with Crippen molar-refractivity contribution >= 4 is 32.5 Å². The largest absolute Gasteiger partial charge is 0.379 e. The lowest BCUT2D eigenvalue weighted by Gasteiger charge is -2.37. The summed E-state index contributed by atoms with van der Waals surface area (Å²) in [5.41, 5.74) is 2.64. The molecule has 1 aliphatic rings. The Morgan fingerprint density at radius 1 is 1.34 bits per heavy atom. The maximum atomic E-state index is 12.3. The molecule has 1 fully saturated rings. The van der Waals surface area contributed by atoms with Gasteiger partial charge < -0.3 is 15.2 Å². The Morgan fingerprint density at radius 3 is 2.91 bits per heavy atom. The van der Waals surface area contributed by atoms with Crippen molar-refractivity contribution in [3.63, 3.8) is 0 Å². The summed E-state index contributed by atoms with van der Waals surface area (Å²) in [5, 5.41) is 13.3. The highest BCUT2D eigenvalue weighted by atomic mass is 32.2. The minimum Gasteiger partial charge on any atom is -0.379 e. The number of aromatic nitrogens is 3. The van der Waals surface area contributed by atoms with Crippen LogP contribution < -0.4 is 5.32 Å². The van der Waals surface area contributed by atoms with Crippen LogP contribution in [0.4, 0.5) is 5.69 Å². The number of nitriles is 1. The number of amides is 1. The van der Waals surface area contributed by atoms with Crippen LogP contribution in [0.25, 0.3) is 22.3 Å². The van der Waals surface area contributed by atoms with Gasteiger partial charge in [-0.2, -0.15) is 5.26 Å². The molecule has 0 bridgehead atoms. The lowest BCUT2D eigenvalue weighted by Crippen LogP contribution is -2.48. The number of carbonyl (C=O) groups is 1. The molecule has 3 aromatic rings. The number of hydrogen-bond acceptors (Lipinski definition) is 7. The fourth-order valence-corrected chi connectivity index (χ4v) is 4.82. The van der Waals surface area contributed by atoms with Crippen LogP contribution in [0.3, 0.4) is 0 Å². The summed E-state index contributed by atoms with van der Waals surface area (Å²) in [5.74, 6) is 0.0951. The van der Waals surface area contributed by atoms with E-state index in [1.165, 1.54) is 12.3 Å². The number of carbonyl (C=O) groups excluding carboxylic acids is 1. The van der Waals surface area contributed by atoms with Crippen molar-refractivity contribution in [2.75, 3.05) is 24.7 Å². The SMILES string of the molecule is C[C@H]1C[C@@H](Nc2c(-c3cc(S(C)(=O)=O)ccn3)cnc3[nH]ccc23)CN(C(=O)CC#N)C1. The summed E-state index contributed by atoms with van der Waals surface area (Å²) >= 11 is 0. The highest BCUT2D eigenvalue weighted by molar-refractivity contribution is 7.90. The van der Waals surface area contributed by atoms with E-state index in [0.717, 1.165) is 23.8 Å². The average Bonchev–Trinajstić information content (AvgIpc) is 3.22. The summed E-state index contributed by atoms with van der Waals surface area (Å²) in [4.78, 5) is 26.2. The predicted molar refractivity (Wildman–Crippen MR) is 120 cm³/mol. The number of sulfone groups is 1. The van der Waals surface area contributed by atoms with Crippen molar-refractivity contribution < 1.29 is 13.2 Å². The molecule has 1 saturated heterocycles. The standard InChI is InChI=1S/C22H24N6O3S/c1-14-9-15(13-28(12-14)20(29)3-6-23)27-21-17-5-8-25-22(17)26-11-18(21)19-10-16(4-7-24-19)32(2,30)31/h4-5,7-8,10-11,14-15H,3,9,12-13H2,1-2H3,(H2,25,26,27)/t14-,15+/m0/s1. The molecule has 0 spiro atoms. The van der Waals surface area contributed by atoms with Gasteiger partial charge in [0, 0.05) is 54.9 Å². The van der Waals surface area contributed by atoms with Crippen LogP contribution in [-0.2, 0) is 14.6 Å². The highest BCUT2D eigenvalue weighted by Crippen LogP contribution is 2.35. The van der Waals surface area contributed by atoms with Crippen molar-refractivity contribution in [2.45, 2.75) is 30.7 Å². The van der Waals surface area contributed by atoms with E-state index in [9.17, 15) is 13.2 Å². The second-order valence-corrected chi connectivity index (χ2v) is 10.3. The lowest BCUT2D eigenvalue weighted by molar-refractivity contribution is -0.132. The Kier molecular flexibility index (Phi) is 5.84. The van der Waals surface area contributed by atoms with Gasteiger partial charge in [0.2, 0.25) is 5.91 Å². The van der Waals surface area contributed by atoms with Crippen molar-refractivity contribution in [1.29, 1.82) is 5.26 Å². The Morgan fingerprint density at radius 2 is 2.16 bits per heavy atom. The fourth-order valence-electron chi connectivity index (χ4n) is 4.19. The number of aromatic amines is 1. The van der Waals surface area contributed by atoms with Gasteiger partial charge in [-0.3, -0.25) is 9.78 Å². The van der Waals surface area contributed by atoms with Gasteiger partial charge >= 0.3 is 0 Å². The van der Waals surface area contributed by atoms with Gasteiger partial charge in [-0.1, -0.05) is 6.92 Å². The van der Waals surface area contributed by atoms with Gasteiger partial charge in [-0.25, -0.2) is 13.4 Å². The molecule has 10 heteroatoms. The molecule has 1 aliphatic heterocycles. The first-order chi connectivity index (χ1) is 15.3. The monoisotopic (exact) mass is 452 g/mol. The summed E-state index contributed by atoms with van der Waals surface area (Å²) in [6.07, 6.45) is 6.81. The van der Waals surface area contributed by atoms with E-state index in [-0.39, 0.29) is 29.2 Å². The van der Waals surface area contributed by atoms with Crippen molar-refractivity contribution in [1.82, 2.24) is 19.9 Å². The smallest absolute Gasteiger partial charge is 0.236 e. The maximum Gasteiger partial charge on any atom is 0.236 e. The van der Waals surface area contributed by atoms with Gasteiger partial charge in [0.25, 0.3) is 0 Å². The zero-order valence-electron chi connectivity index (χ0n) is 17.9. The molecule has 9 nitrogen and oxygen atoms in total. The molecule has 3 aromatic heterocycles. The second-order valence-electron chi connectivity index (χ2n) is 8.25. The van der Waals surface area contributed by atoms with Crippen molar-refractivity contribution in [3.8, 4) is 17.3 Å². The van der Waals surface area contributed by atoms with E-state index in [2.05, 4.69) is 27.2 Å². The molecule has 0 aliphatic carbocycles. The Bertz CT molecular complexity index is 1310. The number of H-pyrrole nitrogens is 1. The van der Waals surface area contributed by atoms with Crippen LogP contribution in [0, 0.1) is 17.2 Å². The first-order valence-electron chi connectivity index (χ1n) is 10.3. The molecule has 1 amide bonds. The second kappa shape index (κ2) is 8.59. The summed E-state index contributed by atoms with van der Waals surface area (Å²) in [6, 6.07) is 6.80. The van der Waals surface area contributed by atoms with E-state index >= 15 is 0 Å². The van der Waals surface area contributed by atoms with Crippen molar-refractivity contribution in [3.05, 3.63) is 36.8 Å². The number of rotatable bonds is 5. The number of nitrogens with zero attached hydrogens (tertiary/aromatic N) is 4. The van der Waals surface area contributed by atoms with E-state index in [1.54, 1.807) is 23.4 Å². The number of pyridine rings is 2. The molecule has 0 radical (unpaired) electrons. The zero-order valence-corrected chi connectivity index (χ0v) is 18.7. The lowest BCUT2D eigenvalue weighted by atomic mass is 9.95. The molecule has 0 aromatic carbocycles. The van der Waals surface area contributed by atoms with Gasteiger partial charge in [0.05, 0.1) is 22.3 Å². The Balaban J connectivity index is 1.74. The predicted octanol–water partition coefficient (Wildman–Crippen LogP) is 2.59. The van der Waals surface area contributed by atoms with Crippen LogP contribution in [0.15, 0.2) is 41.7 Å². The molecule has 32 heavy (non-hydrogen) atoms. The average molecular weight is 453 g/mol. The van der Waals surface area contributed by atoms with Gasteiger partial charge in [0.1, 0.15) is 12.1 Å². The summed E-state index contributed by atoms with van der Waals surface area (Å²) in [7, 11) is -3.39. The topological polar surface area (TPSA) is 132 Å². The number of likely N-dealkylation sites (tertiary alicyclic amines) is 1. The highest BCUT2D eigenvalue weighted by Gasteiger charge is 2.29. The molecular weight excluding hydrogens is 428 g/mol. The number of hydrogen-bond donors (Lipinski definition) is 2. The first kappa shape index (κ1) is 21.8.